The van der Waals surface area contributed by atoms with Gasteiger partial charge in [0.2, 0.25) is 0 Å². The fourth-order valence-electron chi connectivity index (χ4n) is 4.40. The maximum absolute atomic E-state index is 11.6. The van der Waals surface area contributed by atoms with Crippen LogP contribution in [0.25, 0.3) is 0 Å². The van der Waals surface area contributed by atoms with E-state index in [1.807, 2.05) is 27.7 Å². The van der Waals surface area contributed by atoms with Gasteiger partial charge in [0.05, 0.1) is 52.9 Å². The van der Waals surface area contributed by atoms with Crippen LogP contribution >= 0.6 is 23.5 Å². The molecule has 344 valence electrons. The molecule has 0 fully saturated rings. The lowest BCUT2D eigenvalue weighted by molar-refractivity contribution is -0.125. The third-order valence-corrected chi connectivity index (χ3v) is 10.2. The highest BCUT2D eigenvalue weighted by atomic mass is 32.2. The summed E-state index contributed by atoms with van der Waals surface area (Å²) in [6, 6.07) is 0. The summed E-state index contributed by atoms with van der Waals surface area (Å²) in [4.78, 5) is 46.2. The zero-order chi connectivity index (χ0) is 43.9. The number of methoxy groups -OCH3 is 4. The van der Waals surface area contributed by atoms with Crippen LogP contribution < -0.4 is 0 Å². The maximum atomic E-state index is 11.6. The molecule has 12 heteroatoms. The summed E-state index contributed by atoms with van der Waals surface area (Å²) in [6.07, 6.45) is 2.72. The van der Waals surface area contributed by atoms with E-state index in [2.05, 4.69) is 55.4 Å². The lowest BCUT2D eigenvalue weighted by Gasteiger charge is -2.12. The predicted molar refractivity (Wildman–Crippen MR) is 245 cm³/mol. The third-order valence-electron chi connectivity index (χ3n) is 7.83. The van der Waals surface area contributed by atoms with Crippen molar-refractivity contribution in [2.75, 3.05) is 104 Å². The van der Waals surface area contributed by atoms with Crippen LogP contribution in [0.3, 0.4) is 0 Å². The Morgan fingerprint density at radius 1 is 0.386 bits per heavy atom. The minimum absolute atomic E-state index is 0. The molecule has 0 aromatic rings. The number of ketones is 4. The van der Waals surface area contributed by atoms with Gasteiger partial charge >= 0.3 is 0 Å². The zero-order valence-corrected chi connectivity index (χ0v) is 40.5. The SMILES string of the molecule is C.COCCOCC(C)C(=O)CC(C)C.COCCOCC(C)C(=O)CC(C)C.COCCSCC(C)C(=O)CC(C)C.COCCSCC(C)C(=O)CC(C)C. The largest absolute Gasteiger partial charge is 0.384 e. The quantitative estimate of drug-likeness (QED) is 0.0599. The molecule has 0 bridgehead atoms. The summed E-state index contributed by atoms with van der Waals surface area (Å²) in [5.41, 5.74) is 0. The molecule has 0 aliphatic carbocycles. The van der Waals surface area contributed by atoms with E-state index >= 15 is 0 Å². The van der Waals surface area contributed by atoms with Crippen LogP contribution in [-0.2, 0) is 47.6 Å². The zero-order valence-electron chi connectivity index (χ0n) is 38.8. The van der Waals surface area contributed by atoms with Crippen molar-refractivity contribution < 1.29 is 47.6 Å². The van der Waals surface area contributed by atoms with Crippen LogP contribution in [0.1, 0.15) is 116 Å². The third kappa shape index (κ3) is 51.2. The van der Waals surface area contributed by atoms with Gasteiger partial charge in [-0.05, 0) is 23.7 Å². The van der Waals surface area contributed by atoms with Crippen LogP contribution in [0.15, 0.2) is 0 Å². The van der Waals surface area contributed by atoms with Gasteiger partial charge in [-0.15, -0.1) is 0 Å². The molecule has 4 unspecified atom stereocenters. The Balaban J connectivity index is -0.000000210. The fraction of sp³-hybridized carbons (Fsp3) is 0.911. The van der Waals surface area contributed by atoms with Gasteiger partial charge in [0.25, 0.3) is 0 Å². The molecule has 0 aromatic carbocycles. The molecule has 10 nitrogen and oxygen atoms in total. The van der Waals surface area contributed by atoms with Gasteiger partial charge in [0.1, 0.15) is 23.1 Å². The van der Waals surface area contributed by atoms with Crippen molar-refractivity contribution in [1.82, 2.24) is 0 Å². The molecule has 0 amide bonds. The average Bonchev–Trinajstić information content (AvgIpc) is 3.11. The van der Waals surface area contributed by atoms with Crippen LogP contribution in [-0.4, -0.2) is 127 Å². The van der Waals surface area contributed by atoms with Crippen molar-refractivity contribution in [2.45, 2.75) is 116 Å². The molecule has 0 heterocycles. The first-order chi connectivity index (χ1) is 26.3. The van der Waals surface area contributed by atoms with E-state index in [1.165, 1.54) is 0 Å². The van der Waals surface area contributed by atoms with E-state index in [0.717, 1.165) is 36.2 Å². The fourth-order valence-corrected chi connectivity index (χ4v) is 6.38. The molecule has 0 saturated carbocycles. The van der Waals surface area contributed by atoms with E-state index in [-0.39, 0.29) is 42.7 Å². The minimum Gasteiger partial charge on any atom is -0.384 e. The Hall–Kier alpha value is -0.860. The average molecular weight is 857 g/mol. The molecule has 57 heavy (non-hydrogen) atoms. The second-order valence-corrected chi connectivity index (χ2v) is 18.4. The molecule has 0 saturated heterocycles. The molecule has 0 rings (SSSR count). The highest BCUT2D eigenvalue weighted by Gasteiger charge is 2.16. The van der Waals surface area contributed by atoms with Crippen molar-refractivity contribution in [1.29, 1.82) is 0 Å². The van der Waals surface area contributed by atoms with Crippen LogP contribution in [0.4, 0.5) is 0 Å². The van der Waals surface area contributed by atoms with Crippen molar-refractivity contribution in [3.63, 3.8) is 0 Å². The Bertz CT molecular complexity index is 771. The Labute approximate surface area is 360 Å². The van der Waals surface area contributed by atoms with Gasteiger partial charge in [0, 0.05) is 101 Å². The number of carbonyl (C=O) groups excluding carboxylic acids is 4. The van der Waals surface area contributed by atoms with Gasteiger partial charge in [0.15, 0.2) is 0 Å². The lowest BCUT2D eigenvalue weighted by atomic mass is 9.98. The molecule has 0 N–H and O–H groups in total. The summed E-state index contributed by atoms with van der Waals surface area (Å²) < 4.78 is 30.1. The normalized spacial score (nSPS) is 13.0. The molecule has 0 aliphatic rings. The van der Waals surface area contributed by atoms with Crippen LogP contribution in [0, 0.1) is 47.3 Å². The molecule has 0 spiro atoms. The van der Waals surface area contributed by atoms with Gasteiger partial charge in [-0.2, -0.15) is 23.5 Å². The van der Waals surface area contributed by atoms with Crippen molar-refractivity contribution in [3.05, 3.63) is 0 Å². The van der Waals surface area contributed by atoms with Crippen LogP contribution in [0.5, 0.6) is 0 Å². The molecule has 4 atom stereocenters. The van der Waals surface area contributed by atoms with Crippen molar-refractivity contribution >= 4 is 46.7 Å². The first-order valence-corrected chi connectivity index (χ1v) is 23.0. The summed E-state index contributed by atoms with van der Waals surface area (Å²) in [7, 11) is 6.68. The lowest BCUT2D eigenvalue weighted by Crippen LogP contribution is -2.19. The second-order valence-electron chi connectivity index (χ2n) is 16.1. The summed E-state index contributed by atoms with van der Waals surface area (Å²) in [6.45, 7) is 29.3. The first kappa shape index (κ1) is 65.3. The van der Waals surface area contributed by atoms with E-state index < -0.39 is 0 Å². The monoisotopic (exact) mass is 857 g/mol. The van der Waals surface area contributed by atoms with E-state index in [9.17, 15) is 19.2 Å². The van der Waals surface area contributed by atoms with E-state index in [1.54, 1.807) is 52.0 Å². The highest BCUT2D eigenvalue weighted by Crippen LogP contribution is 2.15. The Morgan fingerprint density at radius 2 is 0.632 bits per heavy atom. The van der Waals surface area contributed by atoms with E-state index in [4.69, 9.17) is 28.4 Å². The molecule has 0 aromatic heterocycles. The van der Waals surface area contributed by atoms with Gasteiger partial charge in [-0.3, -0.25) is 19.2 Å². The van der Waals surface area contributed by atoms with Crippen molar-refractivity contribution in [2.24, 2.45) is 47.3 Å². The van der Waals surface area contributed by atoms with Crippen molar-refractivity contribution in [3.8, 4) is 0 Å². The number of thioether (sulfide) groups is 2. The molecule has 0 aliphatic heterocycles. The predicted octanol–water partition coefficient (Wildman–Crippen LogP) is 9.67. The number of hydrogen-bond acceptors (Lipinski definition) is 12. The highest BCUT2D eigenvalue weighted by molar-refractivity contribution is 7.99. The number of ether oxygens (including phenoxy) is 6. The number of hydrogen-bond donors (Lipinski definition) is 0. The molecular formula is C45H92O10S2. The standard InChI is InChI=1S/2C11H22O3.2C11H22O2S.CH4/c4*1-9(2)7-11(12)10(3)8-14-6-5-13-4;/h4*9-10H,5-8H2,1-4H3;1H4. The second kappa shape index (κ2) is 46.2. The smallest absolute Gasteiger partial charge is 0.138 e. The summed E-state index contributed by atoms with van der Waals surface area (Å²) >= 11 is 3.59. The summed E-state index contributed by atoms with van der Waals surface area (Å²) in [5, 5.41) is 0. The Kier molecular flexibility index (Phi) is 52.9. The first-order valence-electron chi connectivity index (χ1n) is 20.7. The van der Waals surface area contributed by atoms with Gasteiger partial charge in [-0.1, -0.05) is 90.5 Å². The number of Topliss-reactive ketones (excluding diaryl/α,β-unsaturated/α-hetero) is 4. The minimum atomic E-state index is 0. The van der Waals surface area contributed by atoms with Gasteiger partial charge < -0.3 is 28.4 Å². The Morgan fingerprint density at radius 3 is 0.860 bits per heavy atom. The summed E-state index contributed by atoms with van der Waals surface area (Å²) in [5.74, 6) is 7.41. The number of rotatable bonds is 32. The topological polar surface area (TPSA) is 124 Å². The maximum Gasteiger partial charge on any atom is 0.138 e. The van der Waals surface area contributed by atoms with Gasteiger partial charge in [-0.25, -0.2) is 0 Å². The molecule has 0 radical (unpaired) electrons. The molecular weight excluding hydrogens is 765 g/mol. The number of carbonyl (C=O) groups is 4. The van der Waals surface area contributed by atoms with Crippen LogP contribution in [0.2, 0.25) is 0 Å². The van der Waals surface area contributed by atoms with E-state index in [0.29, 0.717) is 101 Å².